The van der Waals surface area contributed by atoms with Crippen LogP contribution in [0.25, 0.3) is 0 Å². The fourth-order valence-electron chi connectivity index (χ4n) is 0. The van der Waals surface area contributed by atoms with Crippen LogP contribution < -0.4 is 0 Å². The van der Waals surface area contributed by atoms with Crippen molar-refractivity contribution in [2.24, 2.45) is 0 Å². The Balaban J connectivity index is 0. The fraction of sp³-hybridized carbons (Fsp3) is 0. The van der Waals surface area contributed by atoms with Gasteiger partial charge in [-0.3, -0.25) is 0 Å². The van der Waals surface area contributed by atoms with Gasteiger partial charge in [-0.1, -0.05) is 0 Å². The van der Waals surface area contributed by atoms with Gasteiger partial charge in [-0.2, -0.15) is 0 Å². The average Bonchev–Trinajstić information content (AvgIpc) is 0. The van der Waals surface area contributed by atoms with Crippen molar-refractivity contribution < 1.29 is 19.5 Å². The van der Waals surface area contributed by atoms with Gasteiger partial charge in [0.2, 0.25) is 0 Å². The van der Waals surface area contributed by atoms with E-state index in [9.17, 15) is 0 Å². The van der Waals surface area contributed by atoms with Crippen molar-refractivity contribution >= 4 is 0 Å². The predicted octanol–water partition coefficient (Wildman–Crippen LogP) is 2.70. The van der Waals surface area contributed by atoms with Crippen molar-refractivity contribution in [2.45, 2.75) is 0 Å². The molecule has 0 aliphatic rings. The van der Waals surface area contributed by atoms with E-state index in [2.05, 4.69) is 0 Å². The second kappa shape index (κ2) is 539. The third-order valence-corrected chi connectivity index (χ3v) is 0. The maximum absolute atomic E-state index is 0. The minimum absolute atomic E-state index is 0. The molecule has 7 heavy (non-hydrogen) atoms. The molecule has 0 bridgehead atoms. The summed E-state index contributed by atoms with van der Waals surface area (Å²) in [5.74, 6) is 0. The third-order valence-electron chi connectivity index (χ3n) is 0. The number of rotatable bonds is 0. The van der Waals surface area contributed by atoms with Crippen LogP contribution in [0.4, 0.5) is 0 Å². The molecule has 0 rings (SSSR count). The summed E-state index contributed by atoms with van der Waals surface area (Å²) in [5.41, 5.74) is 0. The van der Waals surface area contributed by atoms with Crippen molar-refractivity contribution in [1.29, 1.82) is 0 Å². The first-order chi connectivity index (χ1) is 0. The summed E-state index contributed by atoms with van der Waals surface area (Å²) >= 11 is 0. The molecule has 0 aliphatic heterocycles. The van der Waals surface area contributed by atoms with E-state index in [0.717, 1.165) is 0 Å². The third kappa shape index (κ3) is 364. The fourth-order valence-corrected chi connectivity index (χ4v) is 0. The zero-order valence-electron chi connectivity index (χ0n) is 6.35. The summed E-state index contributed by atoms with van der Waals surface area (Å²) in [6.45, 7) is 0. The maximum atomic E-state index is 0. The summed E-state index contributed by atoms with van der Waals surface area (Å²) in [6.07, 6.45) is 0. The Morgan fingerprint density at radius 1 is 0.286 bits per heavy atom. The Bertz CT molecular complexity index is 4.14. The average molecular weight is 191 g/mol. The first-order valence-electron chi connectivity index (χ1n) is 0. The van der Waals surface area contributed by atoms with Crippen molar-refractivity contribution in [3.05, 3.63) is 44.6 Å². The van der Waals surface area contributed by atoms with E-state index < -0.39 is 0 Å². The Morgan fingerprint density at radius 3 is 0.286 bits per heavy atom. The van der Waals surface area contributed by atoms with Gasteiger partial charge in [0.25, 0.3) is 0 Å². The molecule has 48 valence electrons. The Morgan fingerprint density at radius 2 is 0.286 bits per heavy atom. The molecule has 0 atom stereocenters. The maximum Gasteiger partial charge on any atom is 8.00 e. The smallest absolute Gasteiger partial charge is 0.358 e. The van der Waals surface area contributed by atoms with Crippen LogP contribution in [0, 0.1) is 44.6 Å². The molecular formula is C6H18Ru+2. The summed E-state index contributed by atoms with van der Waals surface area (Å²) in [4.78, 5) is 0. The molecular weight excluding hydrogens is 173 g/mol. The zero-order valence-corrected chi connectivity index (χ0v) is 8.09. The molecule has 0 saturated heterocycles. The monoisotopic (exact) mass is 192 g/mol. The van der Waals surface area contributed by atoms with E-state index >= 15 is 0 Å². The van der Waals surface area contributed by atoms with Gasteiger partial charge in [-0.15, -0.1) is 0 Å². The van der Waals surface area contributed by atoms with Crippen LogP contribution in [-0.2, 0) is 19.5 Å². The molecule has 0 aromatic carbocycles. The van der Waals surface area contributed by atoms with Crippen LogP contribution in [0.2, 0.25) is 0 Å². The zero-order chi connectivity index (χ0) is 0. The standard InChI is InChI=1S/6CH3.Ru/h6*1H3;/q6*-1;+8. The minimum atomic E-state index is 0. The van der Waals surface area contributed by atoms with Gasteiger partial charge in [0.1, 0.15) is 0 Å². The first kappa shape index (κ1) is 861. The molecule has 0 spiro atoms. The van der Waals surface area contributed by atoms with Gasteiger partial charge in [-0.05, 0) is 0 Å². The summed E-state index contributed by atoms with van der Waals surface area (Å²) in [5, 5.41) is 0. The SMILES string of the molecule is [CH3-].[CH3-].[CH3-].[CH3-].[CH3-].[CH3-].[Ru+8]. The number of hydrogen-bond donors (Lipinski definition) is 0. The van der Waals surface area contributed by atoms with Crippen LogP contribution in [0.5, 0.6) is 0 Å². The van der Waals surface area contributed by atoms with Crippen LogP contribution in [0.15, 0.2) is 0 Å². The van der Waals surface area contributed by atoms with Crippen LogP contribution in [0.1, 0.15) is 0 Å². The number of hydrogen-bond acceptors (Lipinski definition) is 0. The van der Waals surface area contributed by atoms with Gasteiger partial charge in [-0.25, -0.2) is 0 Å². The molecule has 0 aromatic rings. The molecule has 0 N–H and O–H groups in total. The summed E-state index contributed by atoms with van der Waals surface area (Å²) < 4.78 is 0. The van der Waals surface area contributed by atoms with E-state index in [1.165, 1.54) is 0 Å². The van der Waals surface area contributed by atoms with Crippen molar-refractivity contribution in [3.8, 4) is 0 Å². The molecule has 1 heteroatoms. The van der Waals surface area contributed by atoms with Crippen molar-refractivity contribution in [1.82, 2.24) is 0 Å². The van der Waals surface area contributed by atoms with Crippen molar-refractivity contribution in [3.63, 3.8) is 0 Å². The van der Waals surface area contributed by atoms with E-state index in [4.69, 9.17) is 0 Å². The van der Waals surface area contributed by atoms with Crippen LogP contribution in [-0.4, -0.2) is 0 Å². The predicted molar refractivity (Wildman–Crippen MR) is 38.5 cm³/mol. The summed E-state index contributed by atoms with van der Waals surface area (Å²) in [6, 6.07) is 0. The second-order valence-electron chi connectivity index (χ2n) is 0. The normalized spacial score (nSPS) is 0. The Hall–Kier alpha value is 0.623. The molecule has 0 amide bonds. The van der Waals surface area contributed by atoms with Gasteiger partial charge >= 0.3 is 19.5 Å². The molecule has 0 fully saturated rings. The van der Waals surface area contributed by atoms with Gasteiger partial charge in [0, 0.05) is 0 Å². The Labute approximate surface area is 64.5 Å². The van der Waals surface area contributed by atoms with E-state index in [-0.39, 0.29) is 64.0 Å². The molecule has 0 saturated carbocycles. The molecule has 0 aliphatic carbocycles. The van der Waals surface area contributed by atoms with Crippen molar-refractivity contribution in [2.75, 3.05) is 0 Å². The Kier molecular flexibility index (Phi) is 66300. The van der Waals surface area contributed by atoms with E-state index in [1.54, 1.807) is 0 Å². The quantitative estimate of drug-likeness (QED) is 0.408. The molecule has 0 unspecified atom stereocenters. The van der Waals surface area contributed by atoms with Gasteiger partial charge < -0.3 is 44.6 Å². The summed E-state index contributed by atoms with van der Waals surface area (Å²) in [7, 11) is 0. The van der Waals surface area contributed by atoms with Crippen LogP contribution >= 0.6 is 0 Å². The van der Waals surface area contributed by atoms with Gasteiger partial charge in [0.15, 0.2) is 0 Å². The van der Waals surface area contributed by atoms with E-state index in [0.29, 0.717) is 0 Å². The van der Waals surface area contributed by atoms with E-state index in [1.807, 2.05) is 0 Å². The largest absolute Gasteiger partial charge is 8.00 e. The minimum Gasteiger partial charge on any atom is -0.358 e. The second-order valence-corrected chi connectivity index (χ2v) is 0. The first-order valence-corrected chi connectivity index (χ1v) is 0. The molecule has 0 aromatic heterocycles. The van der Waals surface area contributed by atoms with Gasteiger partial charge in [0.05, 0.1) is 0 Å². The molecule has 0 radical (unpaired) electrons. The molecule has 0 heterocycles. The molecule has 0 nitrogen and oxygen atoms in total. The van der Waals surface area contributed by atoms with Crippen LogP contribution in [0.3, 0.4) is 0 Å². The topological polar surface area (TPSA) is 0 Å².